The molecule has 1 aromatic carbocycles. The van der Waals surface area contributed by atoms with E-state index in [0.717, 1.165) is 26.2 Å². The van der Waals surface area contributed by atoms with E-state index in [1.807, 2.05) is 0 Å². The lowest BCUT2D eigenvalue weighted by Gasteiger charge is -2.41. The predicted octanol–water partition coefficient (Wildman–Crippen LogP) is 4.49. The molecule has 3 aliphatic heterocycles. The maximum atomic E-state index is 14.5. The van der Waals surface area contributed by atoms with Gasteiger partial charge in [-0.2, -0.15) is 0 Å². The Kier molecular flexibility index (Phi) is 4.27. The van der Waals surface area contributed by atoms with Crippen molar-refractivity contribution in [1.29, 1.82) is 0 Å². The molecule has 0 bridgehead atoms. The molecule has 0 unspecified atom stereocenters. The summed E-state index contributed by atoms with van der Waals surface area (Å²) >= 11 is 0. The zero-order valence-corrected chi connectivity index (χ0v) is 16.2. The summed E-state index contributed by atoms with van der Waals surface area (Å²) < 4.78 is 21.5. The SMILES string of the molecule is Cc1cc(C)c(N2C[C@@H]3CCCN3[P@@]2(=O)N2CCCCC2)c(C)c1. The Bertz CT molecular complexity index is 660. The molecule has 2 atom stereocenters. The Morgan fingerprint density at radius 2 is 1.62 bits per heavy atom. The van der Waals surface area contributed by atoms with Gasteiger partial charge < -0.3 is 0 Å². The second kappa shape index (κ2) is 6.16. The third-order valence-electron chi connectivity index (χ3n) is 5.97. The van der Waals surface area contributed by atoms with Crippen molar-refractivity contribution >= 4 is 13.3 Å². The molecule has 3 heterocycles. The van der Waals surface area contributed by atoms with Gasteiger partial charge in [-0.1, -0.05) is 24.1 Å². The van der Waals surface area contributed by atoms with E-state index in [9.17, 15) is 4.57 Å². The second-order valence-electron chi connectivity index (χ2n) is 7.82. The third-order valence-corrected chi connectivity index (χ3v) is 9.30. The molecule has 0 N–H and O–H groups in total. The zero-order chi connectivity index (χ0) is 16.9. The highest BCUT2D eigenvalue weighted by molar-refractivity contribution is 7.61. The summed E-state index contributed by atoms with van der Waals surface area (Å²) in [7, 11) is -2.65. The molecule has 4 rings (SSSR count). The average Bonchev–Trinajstić information content (AvgIpc) is 3.11. The summed E-state index contributed by atoms with van der Waals surface area (Å²) in [5.74, 6) is 0. The van der Waals surface area contributed by atoms with E-state index in [1.165, 1.54) is 54.5 Å². The Hall–Kier alpha value is -0.830. The number of fused-ring (bicyclic) bond motifs is 1. The van der Waals surface area contributed by atoms with Crippen LogP contribution >= 0.6 is 7.59 Å². The number of aryl methyl sites for hydroxylation is 3. The van der Waals surface area contributed by atoms with Crippen molar-refractivity contribution in [3.05, 3.63) is 28.8 Å². The van der Waals surface area contributed by atoms with Gasteiger partial charge in [-0.3, -0.25) is 9.24 Å². The number of nitrogens with zero attached hydrogens (tertiary/aromatic N) is 3. The summed E-state index contributed by atoms with van der Waals surface area (Å²) in [4.78, 5) is 0. The first-order chi connectivity index (χ1) is 11.5. The largest absolute Gasteiger partial charge is 0.311 e. The van der Waals surface area contributed by atoms with Crippen molar-refractivity contribution in [2.75, 3.05) is 30.8 Å². The quantitative estimate of drug-likeness (QED) is 0.737. The fraction of sp³-hybridized carbons (Fsp3) is 0.684. The van der Waals surface area contributed by atoms with Gasteiger partial charge in [0.25, 0.3) is 0 Å². The van der Waals surface area contributed by atoms with E-state index in [2.05, 4.69) is 46.9 Å². The van der Waals surface area contributed by atoms with Gasteiger partial charge in [-0.05, 0) is 57.6 Å². The van der Waals surface area contributed by atoms with Crippen LogP contribution in [0.1, 0.15) is 48.8 Å². The number of hydrogen-bond donors (Lipinski definition) is 0. The Morgan fingerprint density at radius 1 is 0.958 bits per heavy atom. The van der Waals surface area contributed by atoms with Crippen LogP contribution in [0.4, 0.5) is 5.69 Å². The molecule has 24 heavy (non-hydrogen) atoms. The van der Waals surface area contributed by atoms with Crippen LogP contribution in [0.2, 0.25) is 0 Å². The van der Waals surface area contributed by atoms with E-state index < -0.39 is 7.59 Å². The van der Waals surface area contributed by atoms with Crippen LogP contribution in [0, 0.1) is 20.8 Å². The van der Waals surface area contributed by atoms with Crippen molar-refractivity contribution in [3.8, 4) is 0 Å². The molecule has 1 aromatic rings. The van der Waals surface area contributed by atoms with Crippen LogP contribution in [0.3, 0.4) is 0 Å². The van der Waals surface area contributed by atoms with Gasteiger partial charge in [0.1, 0.15) is 0 Å². The molecule has 0 radical (unpaired) electrons. The Balaban J connectivity index is 1.80. The van der Waals surface area contributed by atoms with E-state index in [0.29, 0.717) is 6.04 Å². The number of anilines is 1. The van der Waals surface area contributed by atoms with Crippen molar-refractivity contribution in [2.45, 2.75) is 58.9 Å². The van der Waals surface area contributed by atoms with E-state index in [-0.39, 0.29) is 0 Å². The van der Waals surface area contributed by atoms with Gasteiger partial charge in [0.05, 0.1) is 5.69 Å². The highest BCUT2D eigenvalue weighted by Gasteiger charge is 2.54. The van der Waals surface area contributed by atoms with Gasteiger partial charge in [0, 0.05) is 32.2 Å². The van der Waals surface area contributed by atoms with Crippen LogP contribution in [0.15, 0.2) is 12.1 Å². The van der Waals surface area contributed by atoms with Gasteiger partial charge in [0.2, 0.25) is 0 Å². The van der Waals surface area contributed by atoms with Gasteiger partial charge in [-0.15, -0.1) is 0 Å². The summed E-state index contributed by atoms with van der Waals surface area (Å²) in [6.07, 6.45) is 6.04. The molecule has 3 aliphatic rings. The molecule has 132 valence electrons. The highest BCUT2D eigenvalue weighted by Crippen LogP contribution is 2.66. The minimum absolute atomic E-state index is 0.470. The van der Waals surface area contributed by atoms with Crippen molar-refractivity contribution in [2.24, 2.45) is 0 Å². The number of benzene rings is 1. The zero-order valence-electron chi connectivity index (χ0n) is 15.3. The van der Waals surface area contributed by atoms with Gasteiger partial charge in [-0.25, -0.2) is 9.34 Å². The fourth-order valence-corrected chi connectivity index (χ4v) is 8.75. The minimum atomic E-state index is -2.65. The molecular weight excluding hydrogens is 317 g/mol. The molecule has 3 saturated heterocycles. The van der Waals surface area contributed by atoms with Crippen LogP contribution < -0.4 is 4.67 Å². The molecule has 0 amide bonds. The van der Waals surface area contributed by atoms with Crippen LogP contribution in [0.5, 0.6) is 0 Å². The maximum Gasteiger partial charge on any atom is 0.311 e. The van der Waals surface area contributed by atoms with E-state index in [4.69, 9.17) is 0 Å². The molecule has 0 saturated carbocycles. The van der Waals surface area contributed by atoms with Crippen molar-refractivity contribution in [1.82, 2.24) is 9.34 Å². The first-order valence-corrected chi connectivity index (χ1v) is 11.1. The topological polar surface area (TPSA) is 26.8 Å². The maximum absolute atomic E-state index is 14.5. The number of rotatable bonds is 2. The first kappa shape index (κ1) is 16.6. The minimum Gasteiger partial charge on any atom is -0.297 e. The van der Waals surface area contributed by atoms with Crippen LogP contribution in [-0.4, -0.2) is 41.6 Å². The van der Waals surface area contributed by atoms with Gasteiger partial charge >= 0.3 is 7.59 Å². The Labute approximate surface area is 146 Å². The van der Waals surface area contributed by atoms with Crippen molar-refractivity contribution < 1.29 is 4.57 Å². The third kappa shape index (κ3) is 2.46. The first-order valence-electron chi connectivity index (χ1n) is 9.50. The molecule has 5 heteroatoms. The molecule has 0 aliphatic carbocycles. The molecule has 4 nitrogen and oxygen atoms in total. The number of hydrogen-bond acceptors (Lipinski definition) is 1. The van der Waals surface area contributed by atoms with Gasteiger partial charge in [0.15, 0.2) is 0 Å². The number of piperidine rings is 1. The highest BCUT2D eigenvalue weighted by atomic mass is 31.2. The smallest absolute Gasteiger partial charge is 0.297 e. The molecule has 0 spiro atoms. The standard InChI is InChI=1S/C19H30N3OP/c1-15-12-16(2)19(17(3)13-15)22-14-18-8-7-11-21(18)24(22,23)20-9-5-4-6-10-20/h12-13,18H,4-11,14H2,1-3H3/t18-,24-/m0/s1. The van der Waals surface area contributed by atoms with Crippen LogP contribution in [0.25, 0.3) is 0 Å². The molecule has 3 fully saturated rings. The summed E-state index contributed by atoms with van der Waals surface area (Å²) in [6, 6.07) is 4.95. The normalized spacial score (nSPS) is 31.6. The second-order valence-corrected chi connectivity index (χ2v) is 10.4. The monoisotopic (exact) mass is 347 g/mol. The fourth-order valence-electron chi connectivity index (χ4n) is 5.05. The summed E-state index contributed by atoms with van der Waals surface area (Å²) in [5.41, 5.74) is 5.06. The average molecular weight is 347 g/mol. The van der Waals surface area contributed by atoms with E-state index in [1.54, 1.807) is 0 Å². The summed E-state index contributed by atoms with van der Waals surface area (Å²) in [5, 5.41) is 0. The predicted molar refractivity (Wildman–Crippen MR) is 101 cm³/mol. The lowest BCUT2D eigenvalue weighted by molar-refractivity contribution is 0.309. The summed E-state index contributed by atoms with van der Waals surface area (Å²) in [6.45, 7) is 10.4. The lowest BCUT2D eigenvalue weighted by atomic mass is 10.0. The lowest BCUT2D eigenvalue weighted by Crippen LogP contribution is -2.37. The molecular formula is C19H30N3OP. The Morgan fingerprint density at radius 3 is 2.29 bits per heavy atom. The van der Waals surface area contributed by atoms with E-state index >= 15 is 0 Å². The van der Waals surface area contributed by atoms with Crippen LogP contribution in [-0.2, 0) is 4.57 Å². The molecule has 0 aromatic heterocycles. The van der Waals surface area contributed by atoms with Crippen molar-refractivity contribution in [3.63, 3.8) is 0 Å².